The number of pyridine rings is 1. The van der Waals surface area contributed by atoms with E-state index in [0.717, 1.165) is 11.3 Å². The zero-order valence-electron chi connectivity index (χ0n) is 10.8. The minimum atomic E-state index is -0.825. The van der Waals surface area contributed by atoms with Crippen molar-refractivity contribution in [3.8, 4) is 5.75 Å². The van der Waals surface area contributed by atoms with Crippen LogP contribution in [0.25, 0.3) is 0 Å². The monoisotopic (exact) mass is 278 g/mol. The first kappa shape index (κ1) is 14.4. The van der Waals surface area contributed by atoms with Gasteiger partial charge in [-0.25, -0.2) is 14.8 Å². The summed E-state index contributed by atoms with van der Waals surface area (Å²) in [4.78, 5) is 4.20. The van der Waals surface area contributed by atoms with Crippen molar-refractivity contribution >= 4 is 0 Å². The minimum Gasteiger partial charge on any atom is -0.600 e. The second-order valence-corrected chi connectivity index (χ2v) is 4.29. The normalized spacial score (nSPS) is 12.2. The van der Waals surface area contributed by atoms with Crippen LogP contribution in [0, 0.1) is 11.0 Å². The number of rotatable bonds is 6. The first-order chi connectivity index (χ1) is 9.63. The van der Waals surface area contributed by atoms with Crippen molar-refractivity contribution in [2.24, 2.45) is 0 Å². The number of nitrogens with zero attached hydrogens (tertiary/aromatic N) is 1. The Hall–Kier alpha value is -2.02. The van der Waals surface area contributed by atoms with Crippen molar-refractivity contribution in [3.05, 3.63) is 64.9 Å². The van der Waals surface area contributed by atoms with Crippen LogP contribution >= 0.6 is 0 Å². The summed E-state index contributed by atoms with van der Waals surface area (Å²) in [5.41, 5.74) is 1.60. The van der Waals surface area contributed by atoms with Gasteiger partial charge < -0.3 is 9.94 Å². The summed E-state index contributed by atoms with van der Waals surface area (Å²) in [5, 5.41) is 18.2. The van der Waals surface area contributed by atoms with Crippen LogP contribution in [0.5, 0.6) is 5.75 Å². The Kier molecular flexibility index (Phi) is 5.00. The van der Waals surface area contributed by atoms with Crippen LogP contribution in [0.15, 0.2) is 42.6 Å². The lowest BCUT2D eigenvalue weighted by Gasteiger charge is -2.11. The van der Waals surface area contributed by atoms with E-state index in [9.17, 15) is 9.60 Å². The van der Waals surface area contributed by atoms with Gasteiger partial charge in [-0.15, -0.1) is 0 Å². The highest BCUT2D eigenvalue weighted by Gasteiger charge is 2.00. The number of hydrogen-bond acceptors (Lipinski definition) is 4. The third-order valence-electron chi connectivity index (χ3n) is 2.71. The van der Waals surface area contributed by atoms with Gasteiger partial charge in [0.2, 0.25) is 0 Å². The van der Waals surface area contributed by atoms with Gasteiger partial charge in [-0.1, -0.05) is 6.07 Å². The Bertz CT molecular complexity index is 529. The molecule has 1 heterocycles. The number of quaternary nitrogens is 1. The Balaban J connectivity index is 1.85. The summed E-state index contributed by atoms with van der Waals surface area (Å²) >= 11 is 0. The van der Waals surface area contributed by atoms with Gasteiger partial charge in [-0.3, -0.25) is 4.98 Å². The molecule has 1 aromatic heterocycles. The van der Waals surface area contributed by atoms with E-state index in [2.05, 4.69) is 4.98 Å². The highest BCUT2D eigenvalue weighted by Crippen LogP contribution is 2.13. The highest BCUT2D eigenvalue weighted by atomic mass is 19.1. The molecule has 6 heteroatoms. The molecule has 0 saturated heterocycles. The first-order valence-corrected chi connectivity index (χ1v) is 6.17. The highest BCUT2D eigenvalue weighted by molar-refractivity contribution is 5.22. The quantitative estimate of drug-likeness (QED) is 0.777. The predicted octanol–water partition coefficient (Wildman–Crippen LogP) is 1.11. The van der Waals surface area contributed by atoms with E-state index in [1.807, 2.05) is 6.07 Å². The van der Waals surface area contributed by atoms with Gasteiger partial charge in [-0.05, 0) is 35.9 Å². The molecule has 0 fully saturated rings. The number of hydroxylamine groups is 2. The number of benzene rings is 1. The van der Waals surface area contributed by atoms with Gasteiger partial charge in [0.25, 0.3) is 0 Å². The van der Waals surface area contributed by atoms with Crippen molar-refractivity contribution in [2.45, 2.75) is 13.0 Å². The molecule has 0 saturated carbocycles. The smallest absolute Gasteiger partial charge is 0.130 e. The van der Waals surface area contributed by atoms with Crippen molar-refractivity contribution in [1.82, 2.24) is 4.98 Å². The number of halogens is 1. The molecule has 0 aliphatic carbocycles. The Morgan fingerprint density at radius 2 is 1.95 bits per heavy atom. The lowest BCUT2D eigenvalue weighted by molar-refractivity contribution is -1.05. The van der Waals surface area contributed by atoms with Crippen LogP contribution in [0.4, 0.5) is 4.39 Å². The van der Waals surface area contributed by atoms with Crippen LogP contribution in [-0.4, -0.2) is 16.7 Å². The summed E-state index contributed by atoms with van der Waals surface area (Å²) in [5.74, 6) is 0.265. The molecule has 106 valence electrons. The molecule has 1 unspecified atom stereocenters. The van der Waals surface area contributed by atoms with E-state index in [-0.39, 0.29) is 19.0 Å². The maximum Gasteiger partial charge on any atom is 0.130 e. The zero-order chi connectivity index (χ0) is 14.4. The van der Waals surface area contributed by atoms with Crippen molar-refractivity contribution in [2.75, 3.05) is 6.54 Å². The standard InChI is InChI=1S/C14H15FN2O3/c15-12-2-5-14(6-3-12)20-10-13-4-1-11(9-16-13)7-8-17(18)19/h1-6,9,17-18H,7-8,10H2. The summed E-state index contributed by atoms with van der Waals surface area (Å²) in [6, 6.07) is 9.39. The molecule has 20 heavy (non-hydrogen) atoms. The van der Waals surface area contributed by atoms with Gasteiger partial charge in [0, 0.05) is 12.6 Å². The molecule has 2 aromatic rings. The number of ether oxygens (including phenoxy) is 1. The molecular formula is C14H15FN2O3. The molecule has 1 atom stereocenters. The first-order valence-electron chi connectivity index (χ1n) is 6.17. The molecule has 0 radical (unpaired) electrons. The van der Waals surface area contributed by atoms with Crippen LogP contribution in [-0.2, 0) is 13.0 Å². The van der Waals surface area contributed by atoms with Crippen molar-refractivity contribution in [3.63, 3.8) is 0 Å². The van der Waals surface area contributed by atoms with Gasteiger partial charge in [0.05, 0.1) is 5.69 Å². The number of hydrogen-bond donors (Lipinski definition) is 2. The molecule has 0 aliphatic rings. The number of nitrogens with one attached hydrogen (secondary N) is 1. The summed E-state index contributed by atoms with van der Waals surface area (Å²) in [6.45, 7) is 0.373. The third-order valence-corrected chi connectivity index (χ3v) is 2.71. The van der Waals surface area contributed by atoms with Crippen molar-refractivity contribution < 1.29 is 19.6 Å². The summed E-state index contributed by atoms with van der Waals surface area (Å²) in [6.07, 6.45) is 2.10. The van der Waals surface area contributed by atoms with Crippen LogP contribution < -0.4 is 9.96 Å². The van der Waals surface area contributed by atoms with Crippen LogP contribution in [0.3, 0.4) is 0 Å². The van der Waals surface area contributed by atoms with E-state index < -0.39 is 5.23 Å². The predicted molar refractivity (Wildman–Crippen MR) is 69.7 cm³/mol. The Morgan fingerprint density at radius 3 is 2.55 bits per heavy atom. The van der Waals surface area contributed by atoms with Crippen LogP contribution in [0.2, 0.25) is 0 Å². The molecule has 2 N–H and O–H groups in total. The van der Waals surface area contributed by atoms with E-state index >= 15 is 0 Å². The van der Waals surface area contributed by atoms with E-state index in [1.165, 1.54) is 12.1 Å². The largest absolute Gasteiger partial charge is 0.600 e. The van der Waals surface area contributed by atoms with Gasteiger partial charge in [-0.2, -0.15) is 0 Å². The SMILES string of the molecule is [O-][NH+](O)CCc1ccc(COc2ccc(F)cc2)nc1. The molecule has 0 amide bonds. The zero-order valence-corrected chi connectivity index (χ0v) is 10.8. The fourth-order valence-electron chi connectivity index (χ4n) is 1.63. The Morgan fingerprint density at radius 1 is 1.20 bits per heavy atom. The minimum absolute atomic E-state index is 0.0904. The lowest BCUT2D eigenvalue weighted by atomic mass is 10.2. The summed E-state index contributed by atoms with van der Waals surface area (Å²) in [7, 11) is 0. The molecule has 0 aliphatic heterocycles. The summed E-state index contributed by atoms with van der Waals surface area (Å²) < 4.78 is 18.2. The third kappa shape index (κ3) is 4.58. The maximum atomic E-state index is 12.7. The molecular weight excluding hydrogens is 263 g/mol. The fraction of sp³-hybridized carbons (Fsp3) is 0.214. The van der Waals surface area contributed by atoms with Gasteiger partial charge >= 0.3 is 0 Å². The molecule has 0 bridgehead atoms. The van der Waals surface area contributed by atoms with Gasteiger partial charge in [0.15, 0.2) is 0 Å². The molecule has 2 rings (SSSR count). The second kappa shape index (κ2) is 6.95. The van der Waals surface area contributed by atoms with E-state index in [0.29, 0.717) is 12.2 Å². The molecule has 5 nitrogen and oxygen atoms in total. The van der Waals surface area contributed by atoms with Crippen molar-refractivity contribution in [1.29, 1.82) is 0 Å². The molecule has 0 spiro atoms. The van der Waals surface area contributed by atoms with E-state index in [4.69, 9.17) is 9.94 Å². The van der Waals surface area contributed by atoms with Gasteiger partial charge in [0.1, 0.15) is 24.7 Å². The van der Waals surface area contributed by atoms with E-state index in [1.54, 1.807) is 24.4 Å². The lowest BCUT2D eigenvalue weighted by Crippen LogP contribution is -3.04. The maximum absolute atomic E-state index is 12.7. The van der Waals surface area contributed by atoms with Crippen LogP contribution in [0.1, 0.15) is 11.3 Å². The topological polar surface area (TPSA) is 69.9 Å². The number of aromatic nitrogens is 1. The average molecular weight is 278 g/mol. The fourth-order valence-corrected chi connectivity index (χ4v) is 1.63. The Labute approximate surface area is 115 Å². The average Bonchev–Trinajstić information content (AvgIpc) is 2.45. The second-order valence-electron chi connectivity index (χ2n) is 4.29. The molecule has 1 aromatic carbocycles.